The number of hydrogen-bond donors (Lipinski definition) is 1. The molecule has 176 valence electrons. The van der Waals surface area contributed by atoms with Gasteiger partial charge in [0.1, 0.15) is 29.8 Å². The van der Waals surface area contributed by atoms with Gasteiger partial charge in [0.05, 0.1) is 12.5 Å². The fraction of sp³-hybridized carbons (Fsp3) is 0.333. The van der Waals surface area contributed by atoms with Crippen molar-refractivity contribution in [1.82, 2.24) is 0 Å². The molecule has 1 aliphatic carbocycles. The Morgan fingerprint density at radius 1 is 1.18 bits per heavy atom. The van der Waals surface area contributed by atoms with Crippen molar-refractivity contribution in [2.24, 2.45) is 11.1 Å². The normalized spacial score (nSPS) is 19.3. The van der Waals surface area contributed by atoms with Gasteiger partial charge in [-0.15, -0.1) is 0 Å². The van der Waals surface area contributed by atoms with Gasteiger partial charge >= 0.3 is 0 Å². The first-order valence-corrected chi connectivity index (χ1v) is 11.2. The third-order valence-electron chi connectivity index (χ3n) is 6.02. The number of nitrogens with zero attached hydrogens (tertiary/aromatic N) is 1. The van der Waals surface area contributed by atoms with Gasteiger partial charge in [-0.05, 0) is 36.1 Å². The molecule has 2 aliphatic rings. The van der Waals surface area contributed by atoms with Gasteiger partial charge in [-0.1, -0.05) is 38.1 Å². The van der Waals surface area contributed by atoms with Gasteiger partial charge in [-0.3, -0.25) is 4.79 Å². The van der Waals surface area contributed by atoms with E-state index in [4.69, 9.17) is 19.9 Å². The van der Waals surface area contributed by atoms with E-state index in [9.17, 15) is 14.4 Å². The third kappa shape index (κ3) is 4.49. The second kappa shape index (κ2) is 9.22. The van der Waals surface area contributed by atoms with Crippen molar-refractivity contribution in [3.05, 3.63) is 82.2 Å². The lowest BCUT2D eigenvalue weighted by molar-refractivity contribution is -0.119. The van der Waals surface area contributed by atoms with Crippen molar-refractivity contribution >= 4 is 5.78 Å². The summed E-state index contributed by atoms with van der Waals surface area (Å²) in [4.78, 5) is 13.2. The standard InChI is InChI=1S/C27H27FN2O4/c1-4-32-22-11-16(9-10-21(22)33-15-17-7-5-6-8-19(17)28)24-18(14-29)26(30)34-23-13-27(2,3)12-20(31)25(23)24/h5-11,24H,4,12-13,15,30H2,1-3H3/t24-/m0/s1. The third-order valence-corrected chi connectivity index (χ3v) is 6.02. The molecule has 0 spiro atoms. The zero-order valence-electron chi connectivity index (χ0n) is 19.5. The van der Waals surface area contributed by atoms with E-state index in [1.165, 1.54) is 6.07 Å². The van der Waals surface area contributed by atoms with Gasteiger partial charge in [0.2, 0.25) is 5.88 Å². The fourth-order valence-electron chi connectivity index (χ4n) is 4.48. The Bertz CT molecular complexity index is 1240. The van der Waals surface area contributed by atoms with Crippen LogP contribution in [-0.4, -0.2) is 12.4 Å². The van der Waals surface area contributed by atoms with Crippen molar-refractivity contribution in [3.8, 4) is 17.6 Å². The summed E-state index contributed by atoms with van der Waals surface area (Å²) in [5.74, 6) is 0.324. The number of nitriles is 1. The van der Waals surface area contributed by atoms with Crippen LogP contribution >= 0.6 is 0 Å². The van der Waals surface area contributed by atoms with Crippen LogP contribution < -0.4 is 15.2 Å². The molecule has 6 nitrogen and oxygen atoms in total. The number of Topliss-reactive ketones (excluding diaryl/α,β-unsaturated/α-hetero) is 1. The highest BCUT2D eigenvalue weighted by Crippen LogP contribution is 2.48. The van der Waals surface area contributed by atoms with E-state index < -0.39 is 5.92 Å². The molecule has 1 aliphatic heterocycles. The molecule has 1 atom stereocenters. The summed E-state index contributed by atoms with van der Waals surface area (Å²) in [5.41, 5.74) is 7.60. The fourth-order valence-corrected chi connectivity index (χ4v) is 4.48. The highest BCUT2D eigenvalue weighted by molar-refractivity contribution is 6.00. The summed E-state index contributed by atoms with van der Waals surface area (Å²) in [6.07, 6.45) is 0.901. The van der Waals surface area contributed by atoms with E-state index in [0.29, 0.717) is 53.4 Å². The minimum atomic E-state index is -0.655. The molecule has 4 rings (SSSR count). The molecule has 1 heterocycles. The number of hydrogen-bond acceptors (Lipinski definition) is 6. The Kier molecular flexibility index (Phi) is 6.34. The van der Waals surface area contributed by atoms with Crippen LogP contribution in [-0.2, 0) is 16.1 Å². The van der Waals surface area contributed by atoms with Crippen molar-refractivity contribution in [2.75, 3.05) is 6.61 Å². The molecular weight excluding hydrogens is 435 g/mol. The lowest BCUT2D eigenvalue weighted by Gasteiger charge is -2.37. The molecule has 0 amide bonds. The van der Waals surface area contributed by atoms with Gasteiger partial charge in [0.25, 0.3) is 0 Å². The molecule has 34 heavy (non-hydrogen) atoms. The minimum absolute atomic E-state index is 0.00888. The number of carbonyl (C=O) groups excluding carboxylic acids is 1. The molecule has 0 bridgehead atoms. The molecular formula is C27H27FN2O4. The summed E-state index contributed by atoms with van der Waals surface area (Å²) in [7, 11) is 0. The maximum absolute atomic E-state index is 14.0. The summed E-state index contributed by atoms with van der Waals surface area (Å²) < 4.78 is 31.4. The molecule has 2 aromatic carbocycles. The Morgan fingerprint density at radius 3 is 2.65 bits per heavy atom. The lowest BCUT2D eigenvalue weighted by Crippen LogP contribution is -2.33. The van der Waals surface area contributed by atoms with Crippen LogP contribution in [0.2, 0.25) is 0 Å². The number of carbonyl (C=O) groups is 1. The van der Waals surface area contributed by atoms with Crippen molar-refractivity contribution < 1.29 is 23.4 Å². The van der Waals surface area contributed by atoms with E-state index in [1.807, 2.05) is 20.8 Å². The average Bonchev–Trinajstić information content (AvgIpc) is 2.77. The average molecular weight is 463 g/mol. The molecule has 0 unspecified atom stereocenters. The highest BCUT2D eigenvalue weighted by Gasteiger charge is 2.43. The van der Waals surface area contributed by atoms with Crippen LogP contribution in [0.4, 0.5) is 4.39 Å². The maximum Gasteiger partial charge on any atom is 0.205 e. The Labute approximate surface area is 198 Å². The van der Waals surface area contributed by atoms with Crippen molar-refractivity contribution in [3.63, 3.8) is 0 Å². The van der Waals surface area contributed by atoms with Crippen molar-refractivity contribution in [1.29, 1.82) is 5.26 Å². The SMILES string of the molecule is CCOc1cc([C@H]2C(C#N)=C(N)OC3=C2C(=O)CC(C)(C)C3)ccc1OCc1ccccc1F. The van der Waals surface area contributed by atoms with Crippen LogP contribution in [0, 0.1) is 22.6 Å². The Balaban J connectivity index is 1.73. The maximum atomic E-state index is 14.0. The van der Waals surface area contributed by atoms with E-state index in [1.54, 1.807) is 36.4 Å². The number of halogens is 1. The van der Waals surface area contributed by atoms with E-state index >= 15 is 0 Å². The topological polar surface area (TPSA) is 94.6 Å². The quantitative estimate of drug-likeness (QED) is 0.630. The predicted molar refractivity (Wildman–Crippen MR) is 124 cm³/mol. The number of ketones is 1. The second-order valence-corrected chi connectivity index (χ2v) is 9.22. The number of nitrogens with two attached hydrogens (primary N) is 1. The molecule has 0 aromatic heterocycles. The molecule has 2 N–H and O–H groups in total. The zero-order chi connectivity index (χ0) is 24.5. The Morgan fingerprint density at radius 2 is 1.94 bits per heavy atom. The number of allylic oxidation sites excluding steroid dienone is 3. The summed E-state index contributed by atoms with van der Waals surface area (Å²) in [6.45, 7) is 6.25. The van der Waals surface area contributed by atoms with Crippen LogP contribution in [0.1, 0.15) is 50.7 Å². The second-order valence-electron chi connectivity index (χ2n) is 9.22. The number of ether oxygens (including phenoxy) is 3. The van der Waals surface area contributed by atoms with E-state index in [2.05, 4.69) is 6.07 Å². The molecule has 0 radical (unpaired) electrons. The first-order chi connectivity index (χ1) is 16.2. The van der Waals surface area contributed by atoms with Gasteiger partial charge < -0.3 is 19.9 Å². The summed E-state index contributed by atoms with van der Waals surface area (Å²) >= 11 is 0. The van der Waals surface area contributed by atoms with Crippen LogP contribution in [0.15, 0.2) is 65.3 Å². The monoisotopic (exact) mass is 462 g/mol. The van der Waals surface area contributed by atoms with E-state index in [0.717, 1.165) is 0 Å². The highest BCUT2D eigenvalue weighted by atomic mass is 19.1. The smallest absolute Gasteiger partial charge is 0.205 e. The van der Waals surface area contributed by atoms with Gasteiger partial charge in [0, 0.05) is 24.0 Å². The lowest BCUT2D eigenvalue weighted by atomic mass is 9.70. The zero-order valence-corrected chi connectivity index (χ0v) is 19.5. The first kappa shape index (κ1) is 23.4. The number of rotatable bonds is 6. The van der Waals surface area contributed by atoms with Crippen LogP contribution in [0.25, 0.3) is 0 Å². The molecule has 0 saturated heterocycles. The van der Waals surface area contributed by atoms with Crippen LogP contribution in [0.5, 0.6) is 11.5 Å². The largest absolute Gasteiger partial charge is 0.490 e. The van der Waals surface area contributed by atoms with Gasteiger partial charge in [0.15, 0.2) is 17.3 Å². The minimum Gasteiger partial charge on any atom is -0.490 e. The molecule has 2 aromatic rings. The van der Waals surface area contributed by atoms with E-state index in [-0.39, 0.29) is 35.1 Å². The number of benzene rings is 2. The van der Waals surface area contributed by atoms with Gasteiger partial charge in [-0.2, -0.15) is 5.26 Å². The summed E-state index contributed by atoms with van der Waals surface area (Å²) in [6, 6.07) is 13.8. The molecule has 0 fully saturated rings. The Hall–Kier alpha value is -3.79. The van der Waals surface area contributed by atoms with Crippen molar-refractivity contribution in [2.45, 2.75) is 46.1 Å². The van der Waals surface area contributed by atoms with Gasteiger partial charge in [-0.25, -0.2) is 4.39 Å². The predicted octanol–water partition coefficient (Wildman–Crippen LogP) is 5.25. The molecule has 0 saturated carbocycles. The molecule has 7 heteroatoms. The van der Waals surface area contributed by atoms with Crippen LogP contribution in [0.3, 0.4) is 0 Å². The summed E-state index contributed by atoms with van der Waals surface area (Å²) in [5, 5.41) is 9.84. The first-order valence-electron chi connectivity index (χ1n) is 11.2.